The van der Waals surface area contributed by atoms with Crippen LogP contribution in [0.4, 0.5) is 0 Å². The SMILES string of the molecule is O=C1CCC(N2Cc3cc(C(=O)NC4(c5ccc(Br)cc5)CCC4)ccc3C2=O)C(=O)N1. The second kappa shape index (κ2) is 7.85. The number of hydrogen-bond donors (Lipinski definition) is 2. The van der Waals surface area contributed by atoms with Crippen molar-refractivity contribution in [3.8, 4) is 0 Å². The summed E-state index contributed by atoms with van der Waals surface area (Å²) >= 11 is 3.45. The predicted octanol–water partition coefficient (Wildman–Crippen LogP) is 3.02. The van der Waals surface area contributed by atoms with Gasteiger partial charge in [-0.15, -0.1) is 0 Å². The lowest BCUT2D eigenvalue weighted by molar-refractivity contribution is -0.136. The molecule has 32 heavy (non-hydrogen) atoms. The molecule has 1 saturated heterocycles. The summed E-state index contributed by atoms with van der Waals surface area (Å²) in [6, 6.07) is 12.4. The number of fused-ring (bicyclic) bond motifs is 1. The maximum absolute atomic E-state index is 13.1. The fraction of sp³-hybridized carbons (Fsp3) is 0.333. The van der Waals surface area contributed by atoms with Crippen molar-refractivity contribution in [1.29, 1.82) is 0 Å². The van der Waals surface area contributed by atoms with Crippen LogP contribution in [-0.2, 0) is 21.7 Å². The fourth-order valence-corrected chi connectivity index (χ4v) is 5.05. The second-order valence-corrected chi connectivity index (χ2v) is 9.58. The van der Waals surface area contributed by atoms with Crippen molar-refractivity contribution in [2.24, 2.45) is 0 Å². The van der Waals surface area contributed by atoms with Crippen LogP contribution in [0.25, 0.3) is 0 Å². The van der Waals surface area contributed by atoms with Gasteiger partial charge < -0.3 is 10.2 Å². The first-order chi connectivity index (χ1) is 15.4. The summed E-state index contributed by atoms with van der Waals surface area (Å²) in [5, 5.41) is 5.52. The predicted molar refractivity (Wildman–Crippen MR) is 120 cm³/mol. The molecular weight excluding hydrogens is 474 g/mol. The summed E-state index contributed by atoms with van der Waals surface area (Å²) in [6.07, 6.45) is 3.34. The third-order valence-electron chi connectivity index (χ3n) is 6.74. The molecule has 5 rings (SSSR count). The van der Waals surface area contributed by atoms with Crippen LogP contribution >= 0.6 is 15.9 Å². The molecule has 2 aromatic rings. The topological polar surface area (TPSA) is 95.6 Å². The highest BCUT2D eigenvalue weighted by Gasteiger charge is 2.41. The Bertz CT molecular complexity index is 1140. The van der Waals surface area contributed by atoms with E-state index in [0.29, 0.717) is 17.5 Å². The van der Waals surface area contributed by atoms with Crippen molar-refractivity contribution in [1.82, 2.24) is 15.5 Å². The maximum atomic E-state index is 13.1. The van der Waals surface area contributed by atoms with E-state index >= 15 is 0 Å². The van der Waals surface area contributed by atoms with Crippen LogP contribution in [0.5, 0.6) is 0 Å². The first kappa shape index (κ1) is 20.9. The number of hydrogen-bond acceptors (Lipinski definition) is 4. The van der Waals surface area contributed by atoms with E-state index in [-0.39, 0.29) is 36.2 Å². The molecule has 2 aromatic carbocycles. The van der Waals surface area contributed by atoms with Gasteiger partial charge in [-0.2, -0.15) is 0 Å². The zero-order valence-electron chi connectivity index (χ0n) is 17.3. The first-order valence-electron chi connectivity index (χ1n) is 10.7. The van der Waals surface area contributed by atoms with E-state index in [4.69, 9.17) is 0 Å². The van der Waals surface area contributed by atoms with Gasteiger partial charge in [0.2, 0.25) is 11.8 Å². The number of halogens is 1. The summed E-state index contributed by atoms with van der Waals surface area (Å²) in [7, 11) is 0. The number of carbonyl (C=O) groups excluding carboxylic acids is 4. The third-order valence-corrected chi connectivity index (χ3v) is 7.27. The van der Waals surface area contributed by atoms with E-state index in [2.05, 4.69) is 26.6 Å². The Morgan fingerprint density at radius 2 is 1.84 bits per heavy atom. The van der Waals surface area contributed by atoms with Gasteiger partial charge in [-0.3, -0.25) is 24.5 Å². The molecule has 1 unspecified atom stereocenters. The van der Waals surface area contributed by atoms with Crippen molar-refractivity contribution in [3.05, 3.63) is 69.2 Å². The van der Waals surface area contributed by atoms with Crippen LogP contribution in [-0.4, -0.2) is 34.6 Å². The lowest BCUT2D eigenvalue weighted by Crippen LogP contribution is -2.52. The standard InChI is InChI=1S/C24H22BrN3O4/c25-17-5-3-16(4-6-17)24(10-1-11-24)27-21(30)14-2-7-18-15(12-14)13-28(23(18)32)19-8-9-20(29)26-22(19)31/h2-7,12,19H,1,8-11,13H2,(H,27,30)(H,26,29,31). The molecule has 0 bridgehead atoms. The lowest BCUT2D eigenvalue weighted by atomic mass is 9.71. The molecule has 164 valence electrons. The first-order valence-corrected chi connectivity index (χ1v) is 11.5. The number of amides is 4. The van der Waals surface area contributed by atoms with Crippen molar-refractivity contribution >= 4 is 39.6 Å². The number of nitrogens with one attached hydrogen (secondary N) is 2. The Hall–Kier alpha value is -3.00. The van der Waals surface area contributed by atoms with Crippen LogP contribution in [0.2, 0.25) is 0 Å². The molecule has 4 amide bonds. The lowest BCUT2D eigenvalue weighted by Gasteiger charge is -2.43. The molecule has 1 atom stereocenters. The summed E-state index contributed by atoms with van der Waals surface area (Å²) in [5.41, 5.74) is 2.42. The molecular formula is C24H22BrN3O4. The van der Waals surface area contributed by atoms with Crippen LogP contribution in [0.15, 0.2) is 46.9 Å². The molecule has 2 aliphatic heterocycles. The van der Waals surface area contributed by atoms with Crippen molar-refractivity contribution in [2.75, 3.05) is 0 Å². The van der Waals surface area contributed by atoms with Crippen molar-refractivity contribution < 1.29 is 19.2 Å². The second-order valence-electron chi connectivity index (χ2n) is 8.67. The summed E-state index contributed by atoms with van der Waals surface area (Å²) in [5.74, 6) is -1.18. The van der Waals surface area contributed by atoms with Gasteiger partial charge >= 0.3 is 0 Å². The Balaban J connectivity index is 1.35. The number of imide groups is 1. The zero-order valence-corrected chi connectivity index (χ0v) is 18.9. The Labute approximate surface area is 193 Å². The molecule has 0 aromatic heterocycles. The van der Waals surface area contributed by atoms with Gasteiger partial charge in [0.1, 0.15) is 6.04 Å². The Kier molecular flexibility index (Phi) is 5.12. The molecule has 0 spiro atoms. The van der Waals surface area contributed by atoms with Gasteiger partial charge in [-0.1, -0.05) is 28.1 Å². The van der Waals surface area contributed by atoms with E-state index in [0.717, 1.165) is 34.9 Å². The average molecular weight is 496 g/mol. The van der Waals surface area contributed by atoms with Gasteiger partial charge in [0.25, 0.3) is 11.8 Å². The minimum atomic E-state index is -0.666. The van der Waals surface area contributed by atoms with Crippen LogP contribution in [0.3, 0.4) is 0 Å². The molecule has 1 aliphatic carbocycles. The van der Waals surface area contributed by atoms with E-state index in [9.17, 15) is 19.2 Å². The number of rotatable bonds is 4. The molecule has 8 heteroatoms. The van der Waals surface area contributed by atoms with Gasteiger partial charge in [-0.25, -0.2) is 0 Å². The number of nitrogens with zero attached hydrogens (tertiary/aromatic N) is 1. The molecule has 2 heterocycles. The molecule has 0 radical (unpaired) electrons. The monoisotopic (exact) mass is 495 g/mol. The minimum Gasteiger partial charge on any atom is -0.343 e. The normalized spacial score (nSPS) is 21.6. The quantitative estimate of drug-likeness (QED) is 0.637. The Morgan fingerprint density at radius 1 is 1.09 bits per heavy atom. The van der Waals surface area contributed by atoms with Crippen molar-refractivity contribution in [2.45, 2.75) is 50.2 Å². The Morgan fingerprint density at radius 3 is 2.50 bits per heavy atom. The van der Waals surface area contributed by atoms with Crippen LogP contribution in [0, 0.1) is 0 Å². The molecule has 1 saturated carbocycles. The molecule has 7 nitrogen and oxygen atoms in total. The molecule has 3 aliphatic rings. The fourth-order valence-electron chi connectivity index (χ4n) is 4.79. The minimum absolute atomic E-state index is 0.178. The van der Waals surface area contributed by atoms with E-state index in [1.54, 1.807) is 18.2 Å². The average Bonchev–Trinajstić information content (AvgIpc) is 3.07. The van der Waals surface area contributed by atoms with Crippen LogP contribution < -0.4 is 10.6 Å². The largest absolute Gasteiger partial charge is 0.343 e. The summed E-state index contributed by atoms with van der Waals surface area (Å²) in [4.78, 5) is 51.1. The van der Waals surface area contributed by atoms with E-state index in [1.807, 2.05) is 24.3 Å². The van der Waals surface area contributed by atoms with Gasteiger partial charge in [0, 0.05) is 28.6 Å². The summed E-state index contributed by atoms with van der Waals surface area (Å²) < 4.78 is 0.992. The molecule has 2 N–H and O–H groups in total. The number of piperidine rings is 1. The highest BCUT2D eigenvalue weighted by Crippen LogP contribution is 2.42. The number of carbonyl (C=O) groups is 4. The highest BCUT2D eigenvalue weighted by molar-refractivity contribution is 9.10. The van der Waals surface area contributed by atoms with Crippen molar-refractivity contribution in [3.63, 3.8) is 0 Å². The number of benzene rings is 2. The maximum Gasteiger partial charge on any atom is 0.255 e. The van der Waals surface area contributed by atoms with E-state index in [1.165, 1.54) is 4.90 Å². The summed E-state index contributed by atoms with van der Waals surface area (Å²) in [6.45, 7) is 0.249. The van der Waals surface area contributed by atoms with Gasteiger partial charge in [-0.05, 0) is 67.1 Å². The van der Waals surface area contributed by atoms with Gasteiger partial charge in [0.05, 0.1) is 5.54 Å². The highest BCUT2D eigenvalue weighted by atomic mass is 79.9. The zero-order chi connectivity index (χ0) is 22.5. The smallest absolute Gasteiger partial charge is 0.255 e. The van der Waals surface area contributed by atoms with Gasteiger partial charge in [0.15, 0.2) is 0 Å². The van der Waals surface area contributed by atoms with Crippen LogP contribution in [0.1, 0.15) is 63.9 Å². The van der Waals surface area contributed by atoms with E-state index < -0.39 is 11.9 Å². The molecule has 2 fully saturated rings. The third kappa shape index (κ3) is 3.52.